The molecule has 0 bridgehead atoms. The topological polar surface area (TPSA) is 35.2 Å². The summed E-state index contributed by atoms with van der Waals surface area (Å²) in [6, 6.07) is 14.2. The molecule has 8 heteroatoms. The molecule has 0 N–H and O–H groups in total. The summed E-state index contributed by atoms with van der Waals surface area (Å²) in [7, 11) is 1.99. The first-order chi connectivity index (χ1) is 14.5. The molecule has 4 rings (SSSR count). The lowest BCUT2D eigenvalue weighted by atomic mass is 10.2. The Balaban J connectivity index is 1.59. The van der Waals surface area contributed by atoms with Gasteiger partial charge in [-0.15, -0.1) is 0 Å². The van der Waals surface area contributed by atoms with Crippen LogP contribution in [0, 0.1) is 10.6 Å². The fraction of sp³-hybridized carbons (Fsp3) is 0.364. The lowest BCUT2D eigenvalue weighted by Gasteiger charge is -2.16. The number of rotatable bonds is 7. The zero-order chi connectivity index (χ0) is 21.1. The first kappa shape index (κ1) is 21.2. The van der Waals surface area contributed by atoms with E-state index in [0.717, 1.165) is 36.4 Å². The summed E-state index contributed by atoms with van der Waals surface area (Å²) in [5.41, 5.74) is 1.99. The van der Waals surface area contributed by atoms with E-state index in [9.17, 15) is 4.39 Å². The van der Waals surface area contributed by atoms with Crippen molar-refractivity contribution in [1.82, 2.24) is 19.2 Å². The van der Waals surface area contributed by atoms with Crippen LogP contribution in [0.1, 0.15) is 18.4 Å². The largest absolute Gasteiger partial charge is 0.376 e. The highest BCUT2D eigenvalue weighted by atomic mass is 35.5. The third-order valence-electron chi connectivity index (χ3n) is 5.18. The van der Waals surface area contributed by atoms with E-state index in [1.165, 1.54) is 12.1 Å². The standard InChI is InChI=1S/C22H24ClFN4OS/c1-26(13-16-4-10-19(24)11-5-16)15-28-22(30)27(14-20-3-2-12-29-20)21(25-28)17-6-8-18(23)9-7-17/h4-11,20H,2-3,12-15H2,1H3. The highest BCUT2D eigenvalue weighted by molar-refractivity contribution is 7.71. The number of ether oxygens (including phenoxy) is 1. The summed E-state index contributed by atoms with van der Waals surface area (Å²) in [5.74, 6) is 0.575. The predicted octanol–water partition coefficient (Wildman–Crippen LogP) is 5.14. The van der Waals surface area contributed by atoms with E-state index in [2.05, 4.69) is 9.47 Å². The van der Waals surface area contributed by atoms with Crippen molar-refractivity contribution in [3.8, 4) is 11.4 Å². The van der Waals surface area contributed by atoms with Crippen molar-refractivity contribution < 1.29 is 9.13 Å². The summed E-state index contributed by atoms with van der Waals surface area (Å²) < 4.78 is 23.5. The molecule has 0 radical (unpaired) electrons. The van der Waals surface area contributed by atoms with Gasteiger partial charge in [-0.2, -0.15) is 5.10 Å². The average molecular weight is 447 g/mol. The van der Waals surface area contributed by atoms with Crippen LogP contribution in [-0.2, 0) is 24.5 Å². The molecule has 0 spiro atoms. The second kappa shape index (κ2) is 9.39. The van der Waals surface area contributed by atoms with Crippen molar-refractivity contribution in [3.63, 3.8) is 0 Å². The maximum absolute atomic E-state index is 13.2. The van der Waals surface area contributed by atoms with Crippen molar-refractivity contribution in [2.75, 3.05) is 13.7 Å². The zero-order valence-electron chi connectivity index (χ0n) is 16.8. The van der Waals surface area contributed by atoms with Crippen LogP contribution < -0.4 is 0 Å². The van der Waals surface area contributed by atoms with Gasteiger partial charge in [-0.3, -0.25) is 9.47 Å². The van der Waals surface area contributed by atoms with Crippen LogP contribution in [0.3, 0.4) is 0 Å². The number of halogens is 2. The van der Waals surface area contributed by atoms with Crippen molar-refractivity contribution in [1.29, 1.82) is 0 Å². The van der Waals surface area contributed by atoms with Crippen LogP contribution in [0.15, 0.2) is 48.5 Å². The monoisotopic (exact) mass is 446 g/mol. The van der Waals surface area contributed by atoms with Crippen LogP contribution in [0.5, 0.6) is 0 Å². The van der Waals surface area contributed by atoms with Gasteiger partial charge in [0.15, 0.2) is 10.6 Å². The Morgan fingerprint density at radius 3 is 2.60 bits per heavy atom. The smallest absolute Gasteiger partial charge is 0.199 e. The van der Waals surface area contributed by atoms with E-state index in [0.29, 0.717) is 29.6 Å². The van der Waals surface area contributed by atoms with E-state index >= 15 is 0 Å². The molecule has 1 fully saturated rings. The van der Waals surface area contributed by atoms with Crippen LogP contribution in [0.25, 0.3) is 11.4 Å². The molecule has 1 aliphatic heterocycles. The van der Waals surface area contributed by atoms with E-state index in [-0.39, 0.29) is 11.9 Å². The average Bonchev–Trinajstić information content (AvgIpc) is 3.34. The molecule has 5 nitrogen and oxygen atoms in total. The maximum atomic E-state index is 13.2. The van der Waals surface area contributed by atoms with Gasteiger partial charge in [-0.1, -0.05) is 23.7 Å². The highest BCUT2D eigenvalue weighted by Gasteiger charge is 2.21. The molecule has 1 atom stereocenters. The molecular formula is C22H24ClFN4OS. The van der Waals surface area contributed by atoms with Gasteiger partial charge in [0.2, 0.25) is 0 Å². The fourth-order valence-corrected chi connectivity index (χ4v) is 4.07. The van der Waals surface area contributed by atoms with E-state index in [1.807, 2.05) is 36.0 Å². The van der Waals surface area contributed by atoms with Crippen molar-refractivity contribution in [3.05, 3.63) is 69.7 Å². The predicted molar refractivity (Wildman–Crippen MR) is 118 cm³/mol. The summed E-state index contributed by atoms with van der Waals surface area (Å²) in [4.78, 5) is 2.10. The Hall–Kier alpha value is -2.06. The van der Waals surface area contributed by atoms with Gasteiger partial charge in [0.25, 0.3) is 0 Å². The first-order valence-corrected chi connectivity index (χ1v) is 10.8. The lowest BCUT2D eigenvalue weighted by molar-refractivity contribution is 0.0967. The minimum absolute atomic E-state index is 0.150. The zero-order valence-corrected chi connectivity index (χ0v) is 18.4. The molecule has 158 valence electrons. The van der Waals surface area contributed by atoms with Crippen molar-refractivity contribution in [2.45, 2.75) is 38.7 Å². The molecular weight excluding hydrogens is 423 g/mol. The quantitative estimate of drug-likeness (QED) is 0.470. The third kappa shape index (κ3) is 4.98. The Morgan fingerprint density at radius 2 is 1.93 bits per heavy atom. The number of benzene rings is 2. The Morgan fingerprint density at radius 1 is 1.20 bits per heavy atom. The molecule has 0 aliphatic carbocycles. The number of hydrogen-bond acceptors (Lipinski definition) is 4. The summed E-state index contributed by atoms with van der Waals surface area (Å²) in [5, 5.41) is 5.50. The first-order valence-electron chi connectivity index (χ1n) is 9.98. The molecule has 1 aromatic heterocycles. The van der Waals surface area contributed by atoms with Gasteiger partial charge in [0.1, 0.15) is 5.82 Å². The third-order valence-corrected chi connectivity index (χ3v) is 5.86. The molecule has 0 saturated carbocycles. The summed E-state index contributed by atoms with van der Waals surface area (Å²) in [6.07, 6.45) is 2.25. The van der Waals surface area contributed by atoms with E-state index in [1.54, 1.807) is 12.1 Å². The van der Waals surface area contributed by atoms with Crippen LogP contribution >= 0.6 is 23.8 Å². The lowest BCUT2D eigenvalue weighted by Crippen LogP contribution is -2.23. The summed E-state index contributed by atoms with van der Waals surface area (Å²) in [6.45, 7) is 2.66. The van der Waals surface area contributed by atoms with Gasteiger partial charge in [-0.25, -0.2) is 9.07 Å². The van der Waals surface area contributed by atoms with Crippen LogP contribution in [0.4, 0.5) is 4.39 Å². The molecule has 1 saturated heterocycles. The van der Waals surface area contributed by atoms with Crippen molar-refractivity contribution in [2.24, 2.45) is 0 Å². The Kier molecular flexibility index (Phi) is 6.63. The van der Waals surface area contributed by atoms with Gasteiger partial charge >= 0.3 is 0 Å². The second-order valence-electron chi connectivity index (χ2n) is 7.64. The Bertz CT molecular complexity index is 1040. The van der Waals surface area contributed by atoms with Crippen LogP contribution in [0.2, 0.25) is 5.02 Å². The minimum atomic E-state index is -0.232. The summed E-state index contributed by atoms with van der Waals surface area (Å²) >= 11 is 11.8. The van der Waals surface area contributed by atoms with E-state index < -0.39 is 0 Å². The fourth-order valence-electron chi connectivity index (χ4n) is 3.68. The van der Waals surface area contributed by atoms with Crippen molar-refractivity contribution >= 4 is 23.8 Å². The molecule has 0 amide bonds. The van der Waals surface area contributed by atoms with Gasteiger partial charge in [-0.05, 0) is 74.1 Å². The molecule has 30 heavy (non-hydrogen) atoms. The van der Waals surface area contributed by atoms with Gasteiger partial charge < -0.3 is 4.74 Å². The van der Waals surface area contributed by atoms with E-state index in [4.69, 9.17) is 33.7 Å². The Labute approximate surface area is 185 Å². The maximum Gasteiger partial charge on any atom is 0.199 e. The molecule has 1 aliphatic rings. The van der Waals surface area contributed by atoms with Gasteiger partial charge in [0.05, 0.1) is 19.3 Å². The van der Waals surface area contributed by atoms with Gasteiger partial charge in [0, 0.05) is 23.7 Å². The molecule has 2 heterocycles. The number of nitrogens with zero attached hydrogens (tertiary/aromatic N) is 4. The second-order valence-corrected chi connectivity index (χ2v) is 8.44. The molecule has 1 unspecified atom stereocenters. The SMILES string of the molecule is CN(Cc1ccc(F)cc1)Cn1nc(-c2ccc(Cl)cc2)n(CC2CCCO2)c1=S. The molecule has 3 aromatic rings. The number of hydrogen-bond donors (Lipinski definition) is 0. The minimum Gasteiger partial charge on any atom is -0.376 e. The normalized spacial score (nSPS) is 16.5. The molecule has 2 aromatic carbocycles. The van der Waals surface area contributed by atoms with Crippen LogP contribution in [-0.4, -0.2) is 39.0 Å². The highest BCUT2D eigenvalue weighted by Crippen LogP contribution is 2.23. The number of aromatic nitrogens is 3.